The van der Waals surface area contributed by atoms with Gasteiger partial charge in [-0.3, -0.25) is 4.79 Å². The van der Waals surface area contributed by atoms with Crippen LogP contribution in [0, 0.1) is 5.41 Å². The highest BCUT2D eigenvalue weighted by molar-refractivity contribution is 5.85. The summed E-state index contributed by atoms with van der Waals surface area (Å²) in [7, 11) is 0. The maximum Gasteiger partial charge on any atom is 0.226 e. The number of amides is 1. The lowest BCUT2D eigenvalue weighted by molar-refractivity contribution is -0.127. The second-order valence-electron chi connectivity index (χ2n) is 5.05. The zero-order valence-corrected chi connectivity index (χ0v) is 9.64. The summed E-state index contributed by atoms with van der Waals surface area (Å²) in [5, 5.41) is 6.53. The van der Waals surface area contributed by atoms with Crippen molar-refractivity contribution in [3.63, 3.8) is 0 Å². The lowest BCUT2D eigenvalue weighted by Gasteiger charge is -2.26. The first-order valence-corrected chi connectivity index (χ1v) is 6.28. The highest BCUT2D eigenvalue weighted by Crippen LogP contribution is 2.49. The predicted octanol–water partition coefficient (Wildman–Crippen LogP) is 1.43. The van der Waals surface area contributed by atoms with Crippen LogP contribution in [0.2, 0.25) is 0 Å². The van der Waals surface area contributed by atoms with Crippen molar-refractivity contribution in [2.45, 2.75) is 51.5 Å². The Hall–Kier alpha value is -0.570. The van der Waals surface area contributed by atoms with Gasteiger partial charge in [0.1, 0.15) is 0 Å². The van der Waals surface area contributed by atoms with Gasteiger partial charge in [-0.05, 0) is 38.6 Å². The Balaban J connectivity index is 1.80. The largest absolute Gasteiger partial charge is 0.352 e. The highest BCUT2D eigenvalue weighted by atomic mass is 16.2. The van der Waals surface area contributed by atoms with Crippen LogP contribution in [0.4, 0.5) is 0 Å². The van der Waals surface area contributed by atoms with Gasteiger partial charge in [-0.2, -0.15) is 0 Å². The number of carbonyl (C=O) groups is 1. The minimum absolute atomic E-state index is 0.0339. The molecule has 1 aliphatic carbocycles. The van der Waals surface area contributed by atoms with Gasteiger partial charge in [0, 0.05) is 18.0 Å². The van der Waals surface area contributed by atoms with Crippen LogP contribution < -0.4 is 10.6 Å². The molecule has 0 spiro atoms. The molecule has 1 atom stereocenters. The van der Waals surface area contributed by atoms with Crippen LogP contribution >= 0.6 is 0 Å². The maximum atomic E-state index is 12.0. The standard InChI is InChI=1S/C12H22N2O/c1-2-5-12(6-7-12)11(15)14-10-4-3-8-13-9-10/h10,13H,2-9H2,1H3,(H,14,15)/t10-/m1/s1. The van der Waals surface area contributed by atoms with Crippen molar-refractivity contribution in [2.24, 2.45) is 5.41 Å². The summed E-state index contributed by atoms with van der Waals surface area (Å²) < 4.78 is 0. The van der Waals surface area contributed by atoms with E-state index in [0.29, 0.717) is 11.9 Å². The summed E-state index contributed by atoms with van der Waals surface area (Å²) in [4.78, 5) is 12.0. The number of piperidine rings is 1. The molecule has 86 valence electrons. The van der Waals surface area contributed by atoms with Crippen molar-refractivity contribution in [3.8, 4) is 0 Å². The fraction of sp³-hybridized carbons (Fsp3) is 0.917. The van der Waals surface area contributed by atoms with Crippen molar-refractivity contribution < 1.29 is 4.79 Å². The van der Waals surface area contributed by atoms with E-state index < -0.39 is 0 Å². The van der Waals surface area contributed by atoms with Crippen LogP contribution in [0.5, 0.6) is 0 Å². The fourth-order valence-electron chi connectivity index (χ4n) is 2.53. The number of rotatable bonds is 4. The third kappa shape index (κ3) is 2.51. The van der Waals surface area contributed by atoms with Gasteiger partial charge in [-0.25, -0.2) is 0 Å². The average molecular weight is 210 g/mol. The van der Waals surface area contributed by atoms with Crippen LogP contribution in [-0.4, -0.2) is 25.0 Å². The quantitative estimate of drug-likeness (QED) is 0.737. The molecule has 3 heteroatoms. The molecular formula is C12H22N2O. The normalized spacial score (nSPS) is 28.5. The number of carbonyl (C=O) groups excluding carboxylic acids is 1. The van der Waals surface area contributed by atoms with Gasteiger partial charge < -0.3 is 10.6 Å². The Kier molecular flexibility index (Phi) is 3.29. The van der Waals surface area contributed by atoms with Gasteiger partial charge in [0.05, 0.1) is 0 Å². The summed E-state index contributed by atoms with van der Waals surface area (Å²) in [6, 6.07) is 0.376. The molecule has 1 aliphatic heterocycles. The van der Waals surface area contributed by atoms with Crippen molar-refractivity contribution in [1.82, 2.24) is 10.6 Å². The zero-order valence-electron chi connectivity index (χ0n) is 9.64. The first kappa shape index (κ1) is 10.9. The first-order valence-electron chi connectivity index (χ1n) is 6.28. The highest BCUT2D eigenvalue weighted by Gasteiger charge is 2.48. The summed E-state index contributed by atoms with van der Waals surface area (Å²) in [6.45, 7) is 4.22. The maximum absolute atomic E-state index is 12.0. The van der Waals surface area contributed by atoms with Crippen LogP contribution in [0.15, 0.2) is 0 Å². The molecule has 0 bridgehead atoms. The van der Waals surface area contributed by atoms with Crippen molar-refractivity contribution in [3.05, 3.63) is 0 Å². The number of hydrogen-bond acceptors (Lipinski definition) is 2. The van der Waals surface area contributed by atoms with Crippen molar-refractivity contribution in [2.75, 3.05) is 13.1 Å². The van der Waals surface area contributed by atoms with E-state index in [1.54, 1.807) is 0 Å². The minimum Gasteiger partial charge on any atom is -0.352 e. The summed E-state index contributed by atoms with van der Waals surface area (Å²) in [5.41, 5.74) is 0.0339. The van der Waals surface area contributed by atoms with E-state index in [1.807, 2.05) is 0 Å². The van der Waals surface area contributed by atoms with Crippen LogP contribution in [0.1, 0.15) is 45.4 Å². The molecule has 2 rings (SSSR count). The van der Waals surface area contributed by atoms with E-state index in [9.17, 15) is 4.79 Å². The number of nitrogens with one attached hydrogen (secondary N) is 2. The molecule has 2 aliphatic rings. The van der Waals surface area contributed by atoms with Gasteiger partial charge in [0.2, 0.25) is 5.91 Å². The third-order valence-electron chi connectivity index (χ3n) is 3.70. The summed E-state index contributed by atoms with van der Waals surface area (Å²) in [5.74, 6) is 0.318. The SMILES string of the molecule is CCCC1(C(=O)N[C@@H]2CCCNC2)CC1. The topological polar surface area (TPSA) is 41.1 Å². The lowest BCUT2D eigenvalue weighted by atomic mass is 9.98. The molecule has 0 radical (unpaired) electrons. The molecule has 3 nitrogen and oxygen atoms in total. The monoisotopic (exact) mass is 210 g/mol. The smallest absolute Gasteiger partial charge is 0.226 e. The van der Waals surface area contributed by atoms with Crippen molar-refractivity contribution in [1.29, 1.82) is 0 Å². The minimum atomic E-state index is 0.0339. The Morgan fingerprint density at radius 1 is 1.53 bits per heavy atom. The van der Waals surface area contributed by atoms with Gasteiger partial charge in [-0.1, -0.05) is 13.3 Å². The van der Waals surface area contributed by atoms with Crippen LogP contribution in [0.25, 0.3) is 0 Å². The van der Waals surface area contributed by atoms with E-state index in [2.05, 4.69) is 17.6 Å². The molecule has 0 aromatic rings. The summed E-state index contributed by atoms with van der Waals surface area (Å²) >= 11 is 0. The van der Waals surface area contributed by atoms with E-state index in [-0.39, 0.29) is 5.41 Å². The Morgan fingerprint density at radius 3 is 2.87 bits per heavy atom. The Bertz CT molecular complexity index is 230. The average Bonchev–Trinajstić information content (AvgIpc) is 3.01. The van der Waals surface area contributed by atoms with Crippen LogP contribution in [0.3, 0.4) is 0 Å². The Morgan fingerprint density at radius 2 is 2.33 bits per heavy atom. The molecule has 1 amide bonds. The molecule has 1 heterocycles. The fourth-order valence-corrected chi connectivity index (χ4v) is 2.53. The van der Waals surface area contributed by atoms with Crippen LogP contribution in [-0.2, 0) is 4.79 Å². The molecule has 0 unspecified atom stereocenters. The summed E-state index contributed by atoms with van der Waals surface area (Å²) in [6.07, 6.45) is 6.72. The molecule has 0 aromatic carbocycles. The second kappa shape index (κ2) is 4.52. The first-order chi connectivity index (χ1) is 7.27. The van der Waals surface area contributed by atoms with E-state index >= 15 is 0 Å². The van der Waals surface area contributed by atoms with E-state index in [0.717, 1.165) is 45.2 Å². The lowest BCUT2D eigenvalue weighted by Crippen LogP contribution is -2.47. The number of hydrogen-bond donors (Lipinski definition) is 2. The molecule has 0 aromatic heterocycles. The Labute approximate surface area is 92.0 Å². The molecule has 1 saturated carbocycles. The zero-order chi connectivity index (χ0) is 10.7. The molecule has 2 fully saturated rings. The van der Waals surface area contributed by atoms with E-state index in [4.69, 9.17) is 0 Å². The third-order valence-corrected chi connectivity index (χ3v) is 3.70. The molecule has 1 saturated heterocycles. The molecular weight excluding hydrogens is 188 g/mol. The second-order valence-corrected chi connectivity index (χ2v) is 5.05. The van der Waals surface area contributed by atoms with E-state index in [1.165, 1.54) is 6.42 Å². The van der Waals surface area contributed by atoms with Gasteiger partial charge in [-0.15, -0.1) is 0 Å². The van der Waals surface area contributed by atoms with Gasteiger partial charge >= 0.3 is 0 Å². The van der Waals surface area contributed by atoms with Gasteiger partial charge in [0.15, 0.2) is 0 Å². The predicted molar refractivity (Wildman–Crippen MR) is 60.6 cm³/mol. The molecule has 2 N–H and O–H groups in total. The van der Waals surface area contributed by atoms with Gasteiger partial charge in [0.25, 0.3) is 0 Å². The van der Waals surface area contributed by atoms with Crippen molar-refractivity contribution >= 4 is 5.91 Å². The molecule has 15 heavy (non-hydrogen) atoms.